The highest BCUT2D eigenvalue weighted by molar-refractivity contribution is 6.30. The Balaban J connectivity index is 1.75. The van der Waals surface area contributed by atoms with Crippen molar-refractivity contribution >= 4 is 39.9 Å². The van der Waals surface area contributed by atoms with E-state index in [1.165, 1.54) is 12.0 Å². The van der Waals surface area contributed by atoms with Gasteiger partial charge in [0.25, 0.3) is 5.91 Å². The van der Waals surface area contributed by atoms with E-state index in [4.69, 9.17) is 16.3 Å². The van der Waals surface area contributed by atoms with E-state index in [1.807, 2.05) is 30.3 Å². The molecule has 27 heavy (non-hydrogen) atoms. The van der Waals surface area contributed by atoms with Gasteiger partial charge in [0.15, 0.2) is 0 Å². The lowest BCUT2D eigenvalue weighted by Gasteiger charge is -2.19. The molecule has 0 spiro atoms. The number of rotatable bonds is 5. The molecule has 0 aliphatic carbocycles. The fourth-order valence-electron chi connectivity index (χ4n) is 2.78. The fourth-order valence-corrected chi connectivity index (χ4v) is 2.91. The Hall–Kier alpha value is -3.05. The molecule has 3 rings (SSSR count). The van der Waals surface area contributed by atoms with E-state index in [1.54, 1.807) is 37.4 Å². The third kappa shape index (κ3) is 4.38. The van der Waals surface area contributed by atoms with Crippen molar-refractivity contribution in [1.82, 2.24) is 4.90 Å². The number of fused-ring (bicyclic) bond motifs is 1. The highest BCUT2D eigenvalue weighted by Gasteiger charge is 2.19. The number of benzene rings is 3. The van der Waals surface area contributed by atoms with Crippen molar-refractivity contribution in [3.05, 3.63) is 71.2 Å². The van der Waals surface area contributed by atoms with Crippen molar-refractivity contribution in [1.29, 1.82) is 0 Å². The first-order chi connectivity index (χ1) is 13.0. The van der Waals surface area contributed by atoms with Crippen LogP contribution in [0.1, 0.15) is 10.4 Å². The summed E-state index contributed by atoms with van der Waals surface area (Å²) in [6.07, 6.45) is 0. The lowest BCUT2D eigenvalue weighted by atomic mass is 10.0. The highest BCUT2D eigenvalue weighted by atomic mass is 35.5. The molecule has 0 radical (unpaired) electrons. The third-order valence-corrected chi connectivity index (χ3v) is 4.41. The number of amides is 2. The molecule has 1 N–H and O–H groups in total. The maximum atomic E-state index is 12.8. The van der Waals surface area contributed by atoms with Crippen LogP contribution in [0.4, 0.5) is 5.69 Å². The second kappa shape index (κ2) is 8.10. The molecule has 0 bridgehead atoms. The van der Waals surface area contributed by atoms with Gasteiger partial charge < -0.3 is 15.0 Å². The Bertz CT molecular complexity index is 986. The van der Waals surface area contributed by atoms with E-state index >= 15 is 0 Å². The van der Waals surface area contributed by atoms with Crippen LogP contribution in [-0.2, 0) is 4.79 Å². The average Bonchev–Trinajstić information content (AvgIpc) is 2.68. The van der Waals surface area contributed by atoms with Gasteiger partial charge in [-0.25, -0.2) is 0 Å². The number of likely N-dealkylation sites (N-methyl/N-ethyl adjacent to an activating group) is 1. The number of methoxy groups -OCH3 is 1. The van der Waals surface area contributed by atoms with Crippen molar-refractivity contribution in [3.8, 4) is 5.75 Å². The van der Waals surface area contributed by atoms with Crippen LogP contribution >= 0.6 is 11.6 Å². The van der Waals surface area contributed by atoms with Crippen LogP contribution in [0.15, 0.2) is 60.7 Å². The van der Waals surface area contributed by atoms with Gasteiger partial charge in [0.05, 0.1) is 19.2 Å². The van der Waals surface area contributed by atoms with Gasteiger partial charge in [-0.1, -0.05) is 35.9 Å². The summed E-state index contributed by atoms with van der Waals surface area (Å²) in [7, 11) is 3.10. The zero-order chi connectivity index (χ0) is 19.4. The number of carbonyl (C=O) groups is 2. The minimum absolute atomic E-state index is 0.0859. The summed E-state index contributed by atoms with van der Waals surface area (Å²) in [5.74, 6) is -0.111. The molecule has 2 amide bonds. The molecule has 0 saturated heterocycles. The van der Waals surface area contributed by atoms with Gasteiger partial charge in [0.1, 0.15) is 5.75 Å². The van der Waals surface area contributed by atoms with Crippen molar-refractivity contribution in [2.75, 3.05) is 26.0 Å². The molecule has 6 heteroatoms. The molecule has 0 saturated carbocycles. The van der Waals surface area contributed by atoms with Gasteiger partial charge in [0, 0.05) is 17.8 Å². The van der Waals surface area contributed by atoms with Gasteiger partial charge in [-0.15, -0.1) is 0 Å². The van der Waals surface area contributed by atoms with Crippen molar-refractivity contribution < 1.29 is 14.3 Å². The topological polar surface area (TPSA) is 58.6 Å². The lowest BCUT2D eigenvalue weighted by molar-refractivity contribution is -0.116. The zero-order valence-corrected chi connectivity index (χ0v) is 15.8. The second-order valence-electron chi connectivity index (χ2n) is 6.12. The van der Waals surface area contributed by atoms with Crippen LogP contribution < -0.4 is 10.1 Å². The number of carbonyl (C=O) groups excluding carboxylic acids is 2. The van der Waals surface area contributed by atoms with E-state index < -0.39 is 0 Å². The Labute approximate surface area is 162 Å². The molecular weight excluding hydrogens is 364 g/mol. The second-order valence-corrected chi connectivity index (χ2v) is 6.55. The summed E-state index contributed by atoms with van der Waals surface area (Å²) >= 11 is 5.83. The van der Waals surface area contributed by atoms with E-state index in [0.717, 1.165) is 10.8 Å². The summed E-state index contributed by atoms with van der Waals surface area (Å²) < 4.78 is 5.38. The first kappa shape index (κ1) is 18.7. The number of nitrogens with zero attached hydrogens (tertiary/aromatic N) is 1. The van der Waals surface area contributed by atoms with E-state index in [-0.39, 0.29) is 18.4 Å². The summed E-state index contributed by atoms with van der Waals surface area (Å²) in [6.45, 7) is -0.0859. The van der Waals surface area contributed by atoms with E-state index in [9.17, 15) is 9.59 Å². The molecule has 0 aromatic heterocycles. The van der Waals surface area contributed by atoms with Crippen molar-refractivity contribution in [3.63, 3.8) is 0 Å². The highest BCUT2D eigenvalue weighted by Crippen LogP contribution is 2.27. The predicted octanol–water partition coefficient (Wildman–Crippen LogP) is 4.21. The Morgan fingerprint density at radius 3 is 2.30 bits per heavy atom. The quantitative estimate of drug-likeness (QED) is 0.719. The van der Waals surface area contributed by atoms with Crippen LogP contribution in [-0.4, -0.2) is 37.4 Å². The largest absolute Gasteiger partial charge is 0.496 e. The summed E-state index contributed by atoms with van der Waals surface area (Å²) in [6, 6.07) is 18.1. The molecule has 138 valence electrons. The standard InChI is InChI=1S/C21H19ClN2O3/c1-24(13-20(25)23-17-9-7-16(22)8-10-17)21(26)18-11-14-5-3-4-6-15(14)12-19(18)27-2/h3-12H,13H2,1-2H3,(H,23,25). The van der Waals surface area contributed by atoms with Crippen LogP contribution in [0, 0.1) is 0 Å². The molecule has 5 nitrogen and oxygen atoms in total. The number of anilines is 1. The van der Waals surface area contributed by atoms with Gasteiger partial charge in [-0.05, 0) is 47.2 Å². The van der Waals surface area contributed by atoms with Crippen LogP contribution in [0.2, 0.25) is 5.02 Å². The normalized spacial score (nSPS) is 10.5. The summed E-state index contributed by atoms with van der Waals surface area (Å²) in [5, 5.41) is 5.24. The number of ether oxygens (including phenoxy) is 1. The number of halogens is 1. The lowest BCUT2D eigenvalue weighted by Crippen LogP contribution is -2.35. The first-order valence-electron chi connectivity index (χ1n) is 8.35. The third-order valence-electron chi connectivity index (χ3n) is 4.15. The number of hydrogen-bond donors (Lipinski definition) is 1. The molecular formula is C21H19ClN2O3. The molecule has 3 aromatic rings. The van der Waals surface area contributed by atoms with Crippen molar-refractivity contribution in [2.45, 2.75) is 0 Å². The SMILES string of the molecule is COc1cc2ccccc2cc1C(=O)N(C)CC(=O)Nc1ccc(Cl)cc1. The maximum absolute atomic E-state index is 12.8. The summed E-state index contributed by atoms with van der Waals surface area (Å²) in [4.78, 5) is 26.4. The van der Waals surface area contributed by atoms with Crippen LogP contribution in [0.25, 0.3) is 10.8 Å². The van der Waals surface area contributed by atoms with Gasteiger partial charge >= 0.3 is 0 Å². The maximum Gasteiger partial charge on any atom is 0.257 e. The van der Waals surface area contributed by atoms with Crippen LogP contribution in [0.5, 0.6) is 5.75 Å². The number of nitrogens with one attached hydrogen (secondary N) is 1. The first-order valence-corrected chi connectivity index (χ1v) is 8.73. The average molecular weight is 383 g/mol. The molecule has 0 heterocycles. The molecule has 0 aliphatic heterocycles. The minimum atomic E-state index is -0.298. The van der Waals surface area contributed by atoms with Crippen LogP contribution in [0.3, 0.4) is 0 Å². The Morgan fingerprint density at radius 2 is 1.67 bits per heavy atom. The molecule has 3 aromatic carbocycles. The zero-order valence-electron chi connectivity index (χ0n) is 15.0. The molecule has 0 atom stereocenters. The Kier molecular flexibility index (Phi) is 5.62. The monoisotopic (exact) mass is 382 g/mol. The predicted molar refractivity (Wildman–Crippen MR) is 108 cm³/mol. The Morgan fingerprint density at radius 1 is 1.04 bits per heavy atom. The minimum Gasteiger partial charge on any atom is -0.496 e. The van der Waals surface area contributed by atoms with E-state index in [2.05, 4.69) is 5.32 Å². The smallest absolute Gasteiger partial charge is 0.257 e. The van der Waals surface area contributed by atoms with Gasteiger partial charge in [0.2, 0.25) is 5.91 Å². The van der Waals surface area contributed by atoms with Crippen molar-refractivity contribution in [2.24, 2.45) is 0 Å². The van der Waals surface area contributed by atoms with Gasteiger partial charge in [-0.3, -0.25) is 9.59 Å². The molecule has 0 fully saturated rings. The van der Waals surface area contributed by atoms with Gasteiger partial charge in [-0.2, -0.15) is 0 Å². The summed E-state index contributed by atoms with van der Waals surface area (Å²) in [5.41, 5.74) is 1.03. The molecule has 0 aliphatic rings. The van der Waals surface area contributed by atoms with E-state index in [0.29, 0.717) is 22.0 Å². The number of hydrogen-bond acceptors (Lipinski definition) is 3. The molecule has 0 unspecified atom stereocenters. The fraction of sp³-hybridized carbons (Fsp3) is 0.143.